The van der Waals surface area contributed by atoms with Crippen LogP contribution >= 0.6 is 0 Å². The molecule has 2 aliphatic heterocycles. The lowest BCUT2D eigenvalue weighted by molar-refractivity contribution is -0.00537. The second-order valence-corrected chi connectivity index (χ2v) is 9.40. The molecule has 2 saturated heterocycles. The number of rotatable bonds is 5. The monoisotopic (exact) mass is 479 g/mol. The summed E-state index contributed by atoms with van der Waals surface area (Å²) in [6.07, 6.45) is 2.08. The molecule has 3 unspecified atom stereocenters. The van der Waals surface area contributed by atoms with Crippen LogP contribution in [0.3, 0.4) is 0 Å². The van der Waals surface area contributed by atoms with Gasteiger partial charge in [-0.2, -0.15) is 4.98 Å². The predicted molar refractivity (Wildman–Crippen MR) is 135 cm³/mol. The second kappa shape index (κ2) is 9.93. The fourth-order valence-electron chi connectivity index (χ4n) is 4.96. The number of benzene rings is 1. The Balaban J connectivity index is 1.63. The van der Waals surface area contributed by atoms with E-state index in [2.05, 4.69) is 30.6 Å². The van der Waals surface area contributed by atoms with Crippen molar-refractivity contribution in [2.24, 2.45) is 0 Å². The summed E-state index contributed by atoms with van der Waals surface area (Å²) in [6, 6.07) is 7.91. The highest BCUT2D eigenvalue weighted by atomic mass is 16.5. The van der Waals surface area contributed by atoms with Gasteiger partial charge in [-0.25, -0.2) is 4.98 Å². The maximum Gasteiger partial charge on any atom is 0.228 e. The Morgan fingerprint density at radius 3 is 2.63 bits per heavy atom. The molecule has 9 heteroatoms. The number of methoxy groups -OCH3 is 1. The van der Waals surface area contributed by atoms with Gasteiger partial charge in [0.05, 0.1) is 61.8 Å². The van der Waals surface area contributed by atoms with Crippen LogP contribution in [0.2, 0.25) is 0 Å². The van der Waals surface area contributed by atoms with Crippen LogP contribution in [0.1, 0.15) is 26.3 Å². The van der Waals surface area contributed by atoms with Crippen LogP contribution in [-0.4, -0.2) is 78.3 Å². The fraction of sp³-hybridized carbons (Fsp3) is 0.500. The number of aliphatic hydroxyl groups excluding tert-OH is 1. The molecule has 3 aromatic rings. The summed E-state index contributed by atoms with van der Waals surface area (Å²) in [4.78, 5) is 19.3. The SMILES string of the molecule is COc1ccc(-c2cc3nc(N4CCOCC4C)nc(N4CC(C)OC(C)C4)c3cn2)cc1CO. The summed E-state index contributed by atoms with van der Waals surface area (Å²) in [6.45, 7) is 9.79. The topological polar surface area (TPSA) is 93.1 Å². The van der Waals surface area contributed by atoms with Gasteiger partial charge in [0.2, 0.25) is 5.95 Å². The van der Waals surface area contributed by atoms with E-state index in [0.717, 1.165) is 53.2 Å². The van der Waals surface area contributed by atoms with Crippen LogP contribution < -0.4 is 14.5 Å². The molecule has 0 amide bonds. The molecule has 2 aliphatic rings. The lowest BCUT2D eigenvalue weighted by Gasteiger charge is -2.38. The van der Waals surface area contributed by atoms with E-state index in [1.54, 1.807) is 7.11 Å². The zero-order valence-corrected chi connectivity index (χ0v) is 20.8. The first-order valence-electron chi connectivity index (χ1n) is 12.2. The molecule has 9 nitrogen and oxygen atoms in total. The number of anilines is 2. The normalized spacial score (nSPS) is 23.1. The molecular formula is C26H33N5O4. The molecule has 0 aliphatic carbocycles. The predicted octanol–water partition coefficient (Wildman–Crippen LogP) is 3.03. The maximum absolute atomic E-state index is 9.77. The number of aromatic nitrogens is 3. The third-order valence-electron chi connectivity index (χ3n) is 6.64. The number of ether oxygens (including phenoxy) is 3. The van der Waals surface area contributed by atoms with Gasteiger partial charge in [0, 0.05) is 37.0 Å². The van der Waals surface area contributed by atoms with Crippen molar-refractivity contribution < 1.29 is 19.3 Å². The number of fused-ring (bicyclic) bond motifs is 1. The Kier molecular flexibility index (Phi) is 6.73. The van der Waals surface area contributed by atoms with E-state index in [4.69, 9.17) is 29.2 Å². The zero-order valence-electron chi connectivity index (χ0n) is 20.8. The molecule has 0 radical (unpaired) electrons. The third-order valence-corrected chi connectivity index (χ3v) is 6.64. The molecule has 1 aromatic carbocycles. The first kappa shape index (κ1) is 23.7. The zero-order chi connectivity index (χ0) is 24.5. The van der Waals surface area contributed by atoms with Gasteiger partial charge in [-0.05, 0) is 45.0 Å². The number of hydrogen-bond acceptors (Lipinski definition) is 9. The van der Waals surface area contributed by atoms with Gasteiger partial charge in [0.25, 0.3) is 0 Å². The molecule has 2 aromatic heterocycles. The highest BCUT2D eigenvalue weighted by Gasteiger charge is 2.28. The van der Waals surface area contributed by atoms with E-state index in [-0.39, 0.29) is 24.9 Å². The number of aliphatic hydroxyl groups is 1. The van der Waals surface area contributed by atoms with Crippen LogP contribution in [0.5, 0.6) is 5.75 Å². The number of pyridine rings is 1. The van der Waals surface area contributed by atoms with Crippen molar-refractivity contribution in [3.63, 3.8) is 0 Å². The molecule has 5 rings (SSSR count). The molecule has 1 N–H and O–H groups in total. The van der Waals surface area contributed by atoms with Gasteiger partial charge in [-0.15, -0.1) is 0 Å². The molecule has 0 spiro atoms. The molecule has 0 bridgehead atoms. The smallest absolute Gasteiger partial charge is 0.228 e. The minimum atomic E-state index is -0.108. The highest BCUT2D eigenvalue weighted by molar-refractivity contribution is 5.92. The van der Waals surface area contributed by atoms with Gasteiger partial charge in [0.15, 0.2) is 0 Å². The molecule has 35 heavy (non-hydrogen) atoms. The first-order chi connectivity index (χ1) is 17.0. The van der Waals surface area contributed by atoms with Crippen molar-refractivity contribution in [3.05, 3.63) is 36.0 Å². The van der Waals surface area contributed by atoms with E-state index < -0.39 is 0 Å². The first-order valence-corrected chi connectivity index (χ1v) is 12.2. The lowest BCUT2D eigenvalue weighted by atomic mass is 10.1. The van der Waals surface area contributed by atoms with Gasteiger partial charge >= 0.3 is 0 Å². The van der Waals surface area contributed by atoms with Crippen LogP contribution in [0.4, 0.5) is 11.8 Å². The van der Waals surface area contributed by atoms with E-state index in [0.29, 0.717) is 24.9 Å². The lowest BCUT2D eigenvalue weighted by Crippen LogP contribution is -2.47. The third kappa shape index (κ3) is 4.76. The van der Waals surface area contributed by atoms with Crippen molar-refractivity contribution in [1.29, 1.82) is 0 Å². The molecule has 0 saturated carbocycles. The molecular weight excluding hydrogens is 446 g/mol. The highest BCUT2D eigenvalue weighted by Crippen LogP contribution is 2.33. The average Bonchev–Trinajstić information content (AvgIpc) is 2.87. The van der Waals surface area contributed by atoms with Crippen LogP contribution in [0, 0.1) is 0 Å². The standard InChI is InChI=1S/C26H33N5O4/c1-16-15-34-8-7-31(16)26-28-23-10-22(19-5-6-24(33-4)20(9-19)14-32)27-11-21(23)25(29-26)30-12-17(2)35-18(3)13-30/h5-6,9-11,16-18,32H,7-8,12-15H2,1-4H3. The van der Waals surface area contributed by atoms with E-state index >= 15 is 0 Å². The quantitative estimate of drug-likeness (QED) is 0.593. The van der Waals surface area contributed by atoms with Crippen molar-refractivity contribution in [2.45, 2.75) is 45.6 Å². The average molecular weight is 480 g/mol. The number of hydrogen-bond donors (Lipinski definition) is 1. The molecule has 186 valence electrons. The van der Waals surface area contributed by atoms with E-state index in [1.807, 2.05) is 30.5 Å². The van der Waals surface area contributed by atoms with Gasteiger partial charge in [-0.3, -0.25) is 4.98 Å². The molecule has 3 atom stereocenters. The summed E-state index contributed by atoms with van der Waals surface area (Å²) in [5, 5.41) is 10.7. The maximum atomic E-state index is 9.77. The largest absolute Gasteiger partial charge is 0.496 e. The van der Waals surface area contributed by atoms with Crippen molar-refractivity contribution in [1.82, 2.24) is 15.0 Å². The van der Waals surface area contributed by atoms with Gasteiger partial charge in [-0.1, -0.05) is 0 Å². The van der Waals surface area contributed by atoms with Crippen LogP contribution in [-0.2, 0) is 16.1 Å². The van der Waals surface area contributed by atoms with E-state index in [9.17, 15) is 5.11 Å². The van der Waals surface area contributed by atoms with E-state index in [1.165, 1.54) is 0 Å². The number of nitrogens with zero attached hydrogens (tertiary/aromatic N) is 5. The summed E-state index contributed by atoms with van der Waals surface area (Å²) >= 11 is 0. The Labute approximate surface area is 205 Å². The Hall–Kier alpha value is -3.01. The van der Waals surface area contributed by atoms with Crippen molar-refractivity contribution in [2.75, 3.05) is 49.8 Å². The summed E-state index contributed by atoms with van der Waals surface area (Å²) in [7, 11) is 1.60. The van der Waals surface area contributed by atoms with Crippen molar-refractivity contribution >= 4 is 22.7 Å². The number of morpholine rings is 2. The fourth-order valence-corrected chi connectivity index (χ4v) is 4.96. The summed E-state index contributed by atoms with van der Waals surface area (Å²) < 4.78 is 17.0. The Morgan fingerprint density at radius 2 is 1.91 bits per heavy atom. The van der Waals surface area contributed by atoms with Crippen LogP contribution in [0.25, 0.3) is 22.2 Å². The summed E-state index contributed by atoms with van der Waals surface area (Å²) in [5.41, 5.74) is 3.23. The second-order valence-electron chi connectivity index (χ2n) is 9.40. The molecule has 2 fully saturated rings. The Morgan fingerprint density at radius 1 is 1.11 bits per heavy atom. The summed E-state index contributed by atoms with van der Waals surface area (Å²) in [5.74, 6) is 2.24. The van der Waals surface area contributed by atoms with Gasteiger partial charge < -0.3 is 29.1 Å². The Bertz CT molecular complexity index is 1200. The minimum Gasteiger partial charge on any atom is -0.496 e. The van der Waals surface area contributed by atoms with Crippen LogP contribution in [0.15, 0.2) is 30.5 Å². The van der Waals surface area contributed by atoms with Crippen molar-refractivity contribution in [3.8, 4) is 17.0 Å². The minimum absolute atomic E-state index is 0.108. The van der Waals surface area contributed by atoms with Gasteiger partial charge in [0.1, 0.15) is 11.6 Å². The molecule has 4 heterocycles.